The second-order valence-corrected chi connectivity index (χ2v) is 7.01. The van der Waals surface area contributed by atoms with Crippen molar-refractivity contribution < 1.29 is 23.0 Å². The van der Waals surface area contributed by atoms with Crippen molar-refractivity contribution >= 4 is 10.0 Å². The molecule has 6 nitrogen and oxygen atoms in total. The summed E-state index contributed by atoms with van der Waals surface area (Å²) in [5.41, 5.74) is 0. The van der Waals surface area contributed by atoms with Crippen molar-refractivity contribution in [2.45, 2.75) is 17.7 Å². The van der Waals surface area contributed by atoms with Crippen LogP contribution in [0.2, 0.25) is 0 Å². The Morgan fingerprint density at radius 2 is 2.14 bits per heavy atom. The molecule has 7 heteroatoms. The molecule has 1 N–H and O–H groups in total. The fraction of sp³-hybridized carbons (Fsp3) is 0.571. The molecule has 0 radical (unpaired) electrons. The molecule has 1 heterocycles. The maximum Gasteiger partial charge on any atom is 0.250 e. The van der Waals surface area contributed by atoms with Gasteiger partial charge in [-0.05, 0) is 30.9 Å². The van der Waals surface area contributed by atoms with E-state index in [0.717, 1.165) is 12.8 Å². The van der Waals surface area contributed by atoms with Crippen LogP contribution in [0.4, 0.5) is 0 Å². The van der Waals surface area contributed by atoms with Crippen LogP contribution in [0.15, 0.2) is 23.1 Å². The zero-order chi connectivity index (χ0) is 15.5. The SMILES string of the molecule is COCC1CCCN(S(=O)(=O)c2c(O)cccc2OC)C1. The summed E-state index contributed by atoms with van der Waals surface area (Å²) in [7, 11) is -0.787. The maximum absolute atomic E-state index is 12.8. The van der Waals surface area contributed by atoms with Crippen molar-refractivity contribution in [3.8, 4) is 11.5 Å². The molecular formula is C14H21NO5S. The summed E-state index contributed by atoms with van der Waals surface area (Å²) in [5.74, 6) is 0.0439. The van der Waals surface area contributed by atoms with Crippen LogP contribution in [-0.2, 0) is 14.8 Å². The van der Waals surface area contributed by atoms with Crippen LogP contribution in [-0.4, -0.2) is 51.7 Å². The summed E-state index contributed by atoms with van der Waals surface area (Å²) in [5, 5.41) is 9.95. The molecule has 1 aromatic rings. The summed E-state index contributed by atoms with van der Waals surface area (Å²) >= 11 is 0. The molecule has 0 spiro atoms. The molecule has 118 valence electrons. The zero-order valence-corrected chi connectivity index (χ0v) is 13.1. The van der Waals surface area contributed by atoms with E-state index in [2.05, 4.69) is 0 Å². The van der Waals surface area contributed by atoms with Gasteiger partial charge in [0.15, 0.2) is 4.90 Å². The van der Waals surface area contributed by atoms with E-state index in [0.29, 0.717) is 19.7 Å². The number of benzene rings is 1. The number of nitrogens with zero attached hydrogens (tertiary/aromatic N) is 1. The Labute approximate surface area is 125 Å². The smallest absolute Gasteiger partial charge is 0.250 e. The normalized spacial score (nSPS) is 20.4. The van der Waals surface area contributed by atoms with E-state index >= 15 is 0 Å². The van der Waals surface area contributed by atoms with Crippen molar-refractivity contribution in [3.05, 3.63) is 18.2 Å². The van der Waals surface area contributed by atoms with E-state index in [9.17, 15) is 13.5 Å². The third kappa shape index (κ3) is 3.30. The number of ether oxygens (including phenoxy) is 2. The Bertz CT molecular complexity index is 585. The lowest BCUT2D eigenvalue weighted by Gasteiger charge is -2.32. The fourth-order valence-electron chi connectivity index (χ4n) is 2.67. The van der Waals surface area contributed by atoms with Crippen LogP contribution < -0.4 is 4.74 Å². The highest BCUT2D eigenvalue weighted by atomic mass is 32.2. The van der Waals surface area contributed by atoms with Gasteiger partial charge in [0, 0.05) is 20.2 Å². The molecule has 1 aromatic carbocycles. The first-order valence-corrected chi connectivity index (χ1v) is 8.29. The standard InChI is InChI=1S/C14H21NO5S/c1-19-10-11-5-4-8-15(9-11)21(17,18)14-12(16)6-3-7-13(14)20-2/h3,6-7,11,16H,4-5,8-10H2,1-2H3. The van der Waals surface area contributed by atoms with Gasteiger partial charge in [-0.1, -0.05) is 6.07 Å². The van der Waals surface area contributed by atoms with Crippen molar-refractivity contribution in [2.75, 3.05) is 33.9 Å². The Balaban J connectivity index is 2.34. The number of methoxy groups -OCH3 is 2. The molecule has 0 aromatic heterocycles. The summed E-state index contributed by atoms with van der Waals surface area (Å²) in [6.07, 6.45) is 1.72. The topological polar surface area (TPSA) is 76.1 Å². The van der Waals surface area contributed by atoms with Gasteiger partial charge in [0.2, 0.25) is 10.0 Å². The van der Waals surface area contributed by atoms with Gasteiger partial charge in [0.05, 0.1) is 13.7 Å². The quantitative estimate of drug-likeness (QED) is 0.890. The number of sulfonamides is 1. The minimum absolute atomic E-state index is 0.156. The van der Waals surface area contributed by atoms with Gasteiger partial charge in [0.1, 0.15) is 11.5 Å². The Hall–Kier alpha value is -1.31. The van der Waals surface area contributed by atoms with Crippen LogP contribution in [0.1, 0.15) is 12.8 Å². The summed E-state index contributed by atoms with van der Waals surface area (Å²) in [6, 6.07) is 4.44. The van der Waals surface area contributed by atoms with Crippen molar-refractivity contribution in [1.29, 1.82) is 0 Å². The number of phenols is 1. The average molecular weight is 315 g/mol. The predicted octanol–water partition coefficient (Wildman–Crippen LogP) is 1.45. The molecule has 1 unspecified atom stereocenters. The second kappa shape index (κ2) is 6.64. The van der Waals surface area contributed by atoms with Crippen molar-refractivity contribution in [3.63, 3.8) is 0 Å². The van der Waals surface area contributed by atoms with Crippen LogP contribution in [0, 0.1) is 5.92 Å². The van der Waals surface area contributed by atoms with Crippen molar-refractivity contribution in [2.24, 2.45) is 5.92 Å². The molecular weight excluding hydrogens is 294 g/mol. The zero-order valence-electron chi connectivity index (χ0n) is 12.3. The molecule has 1 atom stereocenters. The Kier molecular flexibility index (Phi) is 5.08. The third-order valence-corrected chi connectivity index (χ3v) is 5.60. The molecule has 1 aliphatic heterocycles. The highest BCUT2D eigenvalue weighted by Gasteiger charge is 2.34. The van der Waals surface area contributed by atoms with Gasteiger partial charge in [-0.25, -0.2) is 8.42 Å². The first-order valence-electron chi connectivity index (χ1n) is 6.85. The summed E-state index contributed by atoms with van der Waals surface area (Å²) in [6.45, 7) is 1.37. The summed E-state index contributed by atoms with van der Waals surface area (Å²) < 4.78 is 37.2. The van der Waals surface area contributed by atoms with Crippen LogP contribution in [0.25, 0.3) is 0 Å². The predicted molar refractivity (Wildman–Crippen MR) is 78.0 cm³/mol. The van der Waals surface area contributed by atoms with E-state index in [1.165, 1.54) is 23.5 Å². The first-order chi connectivity index (χ1) is 10.0. The van der Waals surface area contributed by atoms with Gasteiger partial charge in [-0.3, -0.25) is 0 Å². The van der Waals surface area contributed by atoms with Gasteiger partial charge in [-0.15, -0.1) is 0 Å². The highest BCUT2D eigenvalue weighted by molar-refractivity contribution is 7.89. The molecule has 0 amide bonds. The molecule has 1 aliphatic rings. The molecule has 1 fully saturated rings. The monoisotopic (exact) mass is 315 g/mol. The average Bonchev–Trinajstić information content (AvgIpc) is 2.47. The van der Waals surface area contributed by atoms with Gasteiger partial charge < -0.3 is 14.6 Å². The van der Waals surface area contributed by atoms with E-state index in [-0.39, 0.29) is 22.3 Å². The van der Waals surface area contributed by atoms with Crippen LogP contribution in [0.3, 0.4) is 0 Å². The lowest BCUT2D eigenvalue weighted by Crippen LogP contribution is -2.41. The number of phenolic OH excluding ortho intramolecular Hbond substituents is 1. The molecule has 0 aliphatic carbocycles. The van der Waals surface area contributed by atoms with Crippen molar-refractivity contribution in [1.82, 2.24) is 4.31 Å². The summed E-state index contributed by atoms with van der Waals surface area (Å²) in [4.78, 5) is -0.162. The number of hydrogen-bond acceptors (Lipinski definition) is 5. The minimum atomic E-state index is -3.78. The Morgan fingerprint density at radius 1 is 1.38 bits per heavy atom. The highest BCUT2D eigenvalue weighted by Crippen LogP contribution is 2.35. The van der Waals surface area contributed by atoms with E-state index < -0.39 is 10.0 Å². The number of hydrogen-bond donors (Lipinski definition) is 1. The molecule has 1 saturated heterocycles. The lowest BCUT2D eigenvalue weighted by molar-refractivity contribution is 0.118. The molecule has 0 bridgehead atoms. The largest absolute Gasteiger partial charge is 0.506 e. The van der Waals surface area contributed by atoms with Crippen LogP contribution >= 0.6 is 0 Å². The maximum atomic E-state index is 12.8. The van der Waals surface area contributed by atoms with Gasteiger partial charge in [-0.2, -0.15) is 4.31 Å². The van der Waals surface area contributed by atoms with E-state index in [1.807, 2.05) is 0 Å². The minimum Gasteiger partial charge on any atom is -0.506 e. The lowest BCUT2D eigenvalue weighted by atomic mass is 10.0. The van der Waals surface area contributed by atoms with Gasteiger partial charge in [0.25, 0.3) is 0 Å². The Morgan fingerprint density at radius 3 is 2.81 bits per heavy atom. The van der Waals surface area contributed by atoms with E-state index in [1.54, 1.807) is 13.2 Å². The fourth-order valence-corrected chi connectivity index (χ4v) is 4.44. The van der Waals surface area contributed by atoms with E-state index in [4.69, 9.17) is 9.47 Å². The molecule has 0 saturated carbocycles. The van der Waals surface area contributed by atoms with Gasteiger partial charge >= 0.3 is 0 Å². The molecule has 2 rings (SSSR count). The number of piperidine rings is 1. The first kappa shape index (κ1) is 16.1. The number of aromatic hydroxyl groups is 1. The third-order valence-electron chi connectivity index (χ3n) is 3.66. The second-order valence-electron chi connectivity index (χ2n) is 5.14. The number of rotatable bonds is 5. The molecule has 21 heavy (non-hydrogen) atoms. The van der Waals surface area contributed by atoms with Crippen LogP contribution in [0.5, 0.6) is 11.5 Å².